The van der Waals surface area contributed by atoms with Gasteiger partial charge in [-0.15, -0.1) is 0 Å². The summed E-state index contributed by atoms with van der Waals surface area (Å²) in [5.74, 6) is -0.149. The first-order valence-corrected chi connectivity index (χ1v) is 30.5. The molecule has 4 aliphatic heterocycles. The highest BCUT2D eigenvalue weighted by atomic mass is 19.1. The second-order valence-corrected chi connectivity index (χ2v) is 25.3. The van der Waals surface area contributed by atoms with E-state index in [-0.39, 0.29) is 91.8 Å². The number of ether oxygens (including phenoxy) is 5. The largest absolute Gasteiger partial charge is 0.486 e. The number of hydrogen-bond acceptors (Lipinski definition) is 15. The third-order valence-corrected chi connectivity index (χ3v) is 17.9. The van der Waals surface area contributed by atoms with Gasteiger partial charge in [0.05, 0.1) is 28.9 Å². The van der Waals surface area contributed by atoms with Crippen LogP contribution >= 0.6 is 0 Å². The Kier molecular flexibility index (Phi) is 16.4. The fourth-order valence-electron chi connectivity index (χ4n) is 12.9. The fourth-order valence-corrected chi connectivity index (χ4v) is 12.9. The van der Waals surface area contributed by atoms with E-state index in [0.29, 0.717) is 114 Å². The topological polar surface area (TPSA) is 210 Å². The van der Waals surface area contributed by atoms with Crippen LogP contribution < -0.4 is 25.4 Å². The molecule has 5 atom stereocenters. The number of likely N-dealkylation sites (N-methyl/N-ethyl adjacent to an activating group) is 1. The molecule has 2 unspecified atom stereocenters. The van der Waals surface area contributed by atoms with Crippen LogP contribution in [0.4, 0.5) is 15.0 Å². The van der Waals surface area contributed by atoms with Crippen molar-refractivity contribution in [2.24, 2.45) is 7.05 Å². The molecule has 87 heavy (non-hydrogen) atoms. The summed E-state index contributed by atoms with van der Waals surface area (Å²) >= 11 is 0. The molecule has 7 heterocycles. The number of anilines is 1. The average Bonchev–Trinajstić information content (AvgIpc) is 1.86. The highest BCUT2D eigenvalue weighted by Gasteiger charge is 2.38. The summed E-state index contributed by atoms with van der Waals surface area (Å²) in [5, 5.41) is 8.72. The molecular formula is C65H78FN11O10. The molecule has 3 aromatic heterocycles. The Labute approximate surface area is 504 Å². The van der Waals surface area contributed by atoms with Crippen molar-refractivity contribution in [1.29, 1.82) is 0 Å². The second-order valence-electron chi connectivity index (χ2n) is 25.3. The third kappa shape index (κ3) is 11.9. The predicted octanol–water partition coefficient (Wildman–Crippen LogP) is 9.09. The Morgan fingerprint density at radius 2 is 1.67 bits per heavy atom. The zero-order chi connectivity index (χ0) is 61.2. The Balaban J connectivity index is 0.852. The summed E-state index contributed by atoms with van der Waals surface area (Å²) in [5.41, 5.74) is 6.54. The molecule has 0 spiro atoms. The van der Waals surface area contributed by atoms with Crippen molar-refractivity contribution in [2.45, 2.75) is 148 Å². The molecule has 5 fully saturated rings. The number of likely N-dealkylation sites (tertiary alicyclic amines) is 1. The zero-order valence-corrected chi connectivity index (χ0v) is 51.2. The van der Waals surface area contributed by atoms with E-state index in [2.05, 4.69) is 21.2 Å². The maximum absolute atomic E-state index is 16.9. The van der Waals surface area contributed by atoms with Crippen LogP contribution in [0.15, 0.2) is 65.6 Å². The van der Waals surface area contributed by atoms with Gasteiger partial charge in [-0.3, -0.25) is 33.7 Å². The predicted molar refractivity (Wildman–Crippen MR) is 326 cm³/mol. The van der Waals surface area contributed by atoms with E-state index in [1.807, 2.05) is 99.9 Å². The van der Waals surface area contributed by atoms with Gasteiger partial charge in [0.25, 0.3) is 5.91 Å². The van der Waals surface area contributed by atoms with Crippen LogP contribution in [0, 0.1) is 12.7 Å². The van der Waals surface area contributed by atoms with Gasteiger partial charge < -0.3 is 38.4 Å². The number of piperidine rings is 1. The summed E-state index contributed by atoms with van der Waals surface area (Å²) < 4.78 is 52.9. The quantitative estimate of drug-likeness (QED) is 0.0895. The molecule has 4 amide bonds. The molecule has 22 heteroatoms. The summed E-state index contributed by atoms with van der Waals surface area (Å²) in [6.45, 7) is 15.4. The minimum absolute atomic E-state index is 0.0631. The number of nitrogens with one attached hydrogen (secondary N) is 1. The number of carbonyl (C=O) groups is 4. The van der Waals surface area contributed by atoms with Crippen LogP contribution in [-0.4, -0.2) is 151 Å². The fraction of sp³-hybridized carbons (Fsp3) is 0.508. The van der Waals surface area contributed by atoms with Gasteiger partial charge in [0.15, 0.2) is 12.0 Å². The molecule has 4 aromatic carbocycles. The highest BCUT2D eigenvalue weighted by molar-refractivity contribution is 6.06. The Bertz CT molecular complexity index is 3880. The maximum atomic E-state index is 16.9. The van der Waals surface area contributed by atoms with Crippen molar-refractivity contribution in [3.8, 4) is 22.9 Å². The number of piperazine rings is 1. The minimum atomic E-state index is -0.762. The number of aromatic nitrogens is 6. The van der Waals surface area contributed by atoms with Crippen molar-refractivity contribution in [3.05, 3.63) is 105 Å². The lowest BCUT2D eigenvalue weighted by Gasteiger charge is -2.40. The van der Waals surface area contributed by atoms with E-state index < -0.39 is 17.6 Å². The number of methoxy groups -OCH3 is 1. The normalized spacial score (nSPS) is 20.8. The summed E-state index contributed by atoms with van der Waals surface area (Å²) in [4.78, 5) is 84.2. The van der Waals surface area contributed by atoms with E-state index >= 15 is 4.39 Å². The molecule has 0 radical (unpaired) electrons. The molecule has 1 aliphatic carbocycles. The van der Waals surface area contributed by atoms with Gasteiger partial charge in [-0.1, -0.05) is 18.2 Å². The summed E-state index contributed by atoms with van der Waals surface area (Å²) in [7, 11) is 5.28. The van der Waals surface area contributed by atoms with Crippen LogP contribution in [0.2, 0.25) is 0 Å². The van der Waals surface area contributed by atoms with Crippen LogP contribution in [0.5, 0.6) is 11.8 Å². The van der Waals surface area contributed by atoms with E-state index in [4.69, 9.17) is 38.8 Å². The Hall–Kier alpha value is -7.95. The zero-order valence-electron chi connectivity index (χ0n) is 51.2. The number of imidazole rings is 1. The van der Waals surface area contributed by atoms with Crippen molar-refractivity contribution in [1.82, 2.24) is 48.9 Å². The number of rotatable bonds is 16. The molecule has 4 saturated heterocycles. The van der Waals surface area contributed by atoms with E-state index in [0.717, 1.165) is 54.2 Å². The first-order valence-electron chi connectivity index (χ1n) is 30.5. The van der Waals surface area contributed by atoms with Crippen LogP contribution in [0.1, 0.15) is 137 Å². The average molecular weight is 1190 g/mol. The third-order valence-electron chi connectivity index (χ3n) is 17.9. The van der Waals surface area contributed by atoms with Crippen LogP contribution in [0.25, 0.3) is 44.0 Å². The van der Waals surface area contributed by atoms with Gasteiger partial charge >= 0.3 is 17.8 Å². The molecule has 1 N–H and O–H groups in total. The lowest BCUT2D eigenvalue weighted by Crippen LogP contribution is -2.53. The van der Waals surface area contributed by atoms with Crippen molar-refractivity contribution < 1.29 is 47.3 Å². The number of imide groups is 1. The first-order chi connectivity index (χ1) is 41.7. The Morgan fingerprint density at radius 3 is 2.38 bits per heavy atom. The molecule has 1 saturated carbocycles. The molecule has 460 valence electrons. The molecule has 7 aromatic rings. The number of fused-ring (bicyclic) bond motifs is 3. The van der Waals surface area contributed by atoms with Crippen molar-refractivity contribution in [3.63, 3.8) is 0 Å². The molecular weight excluding hydrogens is 1110 g/mol. The highest BCUT2D eigenvalue weighted by Crippen LogP contribution is 2.54. The summed E-state index contributed by atoms with van der Waals surface area (Å²) in [6.07, 6.45) is 6.40. The lowest BCUT2D eigenvalue weighted by atomic mass is 9.88. The number of carbonyl (C=O) groups excluding carboxylic acids is 4. The summed E-state index contributed by atoms with van der Waals surface area (Å²) in [6, 6.07) is 16.1. The van der Waals surface area contributed by atoms with Crippen LogP contribution in [-0.2, 0) is 44.0 Å². The number of halogens is 1. The van der Waals surface area contributed by atoms with Gasteiger partial charge in [-0.2, -0.15) is 15.1 Å². The molecule has 0 bridgehead atoms. The van der Waals surface area contributed by atoms with Gasteiger partial charge in [-0.25, -0.2) is 18.7 Å². The van der Waals surface area contributed by atoms with Crippen molar-refractivity contribution in [2.75, 3.05) is 65.0 Å². The van der Waals surface area contributed by atoms with E-state index in [9.17, 15) is 24.0 Å². The van der Waals surface area contributed by atoms with E-state index in [1.165, 1.54) is 4.57 Å². The minimum Gasteiger partial charge on any atom is -0.486 e. The standard InChI is InChI=1S/C65H78FN11O10/c1-37-32-73(33-41-15-20-49-52(28-41)72(8)63(81)76(49)50-21-22-53(78)68-60(50)79)25-26-75(37)61(80)43-16-13-40(14-17-43)36-85-58-56(55-39(3)48(66)30-51-47(55)31-67-77(51)54-12-10-11-27-84-54)45(42-18-19-42)29-46-57(58)69-62(86-35-38(2)83-9)70-59(46)71(7)44-23-24-74(34-44)64(82)87-65(4,5)6/h13-17,20,28-31,37-38,42,44,50,54H,10-12,18-19,21-27,32-36H2,1-9H3,(H,68,78,79)/t37-,38-,44-,50?,54?/m0/s1. The van der Waals surface area contributed by atoms with Gasteiger partial charge in [0.1, 0.15) is 42.0 Å². The number of nitrogens with zero attached hydrogens (tertiary/aromatic N) is 10. The molecule has 12 rings (SSSR count). The van der Waals surface area contributed by atoms with Gasteiger partial charge in [-0.05, 0) is 145 Å². The second kappa shape index (κ2) is 24.0. The SMILES string of the molecule is CO[C@@H](C)COc1nc(N(C)[C@H]2CCN(C(=O)OC(C)(C)C)C2)c2cc(C3CC3)c(-c3c(C)c(F)cc4c3cnn4C3CCCCO3)c(OCc3ccc(C(=O)N4CCN(Cc5ccc6c(c5)n(C)c(=O)n6C5CCC(=O)NC5=O)C[C@@H]4C)cc3)c2n1. The van der Waals surface area contributed by atoms with E-state index in [1.54, 1.807) is 36.6 Å². The lowest BCUT2D eigenvalue weighted by molar-refractivity contribution is -0.135. The van der Waals surface area contributed by atoms with Gasteiger partial charge in [0.2, 0.25) is 11.8 Å². The number of amides is 4. The monoisotopic (exact) mass is 1190 g/mol. The van der Waals surface area contributed by atoms with Gasteiger partial charge in [0, 0.05) is 119 Å². The van der Waals surface area contributed by atoms with Crippen LogP contribution in [0.3, 0.4) is 0 Å². The number of benzene rings is 4. The number of aryl methyl sites for hydroxylation is 1. The smallest absolute Gasteiger partial charge is 0.410 e. The molecule has 21 nitrogen and oxygen atoms in total. The first kappa shape index (κ1) is 59.4. The Morgan fingerprint density at radius 1 is 0.885 bits per heavy atom. The maximum Gasteiger partial charge on any atom is 0.410 e. The van der Waals surface area contributed by atoms with Crippen molar-refractivity contribution >= 4 is 62.5 Å². The molecule has 5 aliphatic rings. The number of hydrogen-bond donors (Lipinski definition) is 1.